The number of sulfonamides is 1. The highest BCUT2D eigenvalue weighted by molar-refractivity contribution is 7.89. The van der Waals surface area contributed by atoms with Crippen molar-refractivity contribution >= 4 is 10.0 Å². The predicted molar refractivity (Wildman–Crippen MR) is 71.8 cm³/mol. The summed E-state index contributed by atoms with van der Waals surface area (Å²) in [5.41, 5.74) is 6.50. The second-order valence-electron chi connectivity index (χ2n) is 4.81. The summed E-state index contributed by atoms with van der Waals surface area (Å²) < 4.78 is 26.7. The van der Waals surface area contributed by atoms with Crippen molar-refractivity contribution in [2.24, 2.45) is 5.73 Å². The Morgan fingerprint density at radius 1 is 1.39 bits per heavy atom. The molecule has 0 spiro atoms. The van der Waals surface area contributed by atoms with E-state index in [-0.39, 0.29) is 6.04 Å². The molecule has 4 nitrogen and oxygen atoms in total. The molecule has 1 aromatic rings. The highest BCUT2D eigenvalue weighted by Gasteiger charge is 2.34. The summed E-state index contributed by atoms with van der Waals surface area (Å²) in [6.45, 7) is 2.66. The van der Waals surface area contributed by atoms with Crippen LogP contribution in [0.5, 0.6) is 0 Å². The second kappa shape index (κ2) is 5.38. The van der Waals surface area contributed by atoms with Crippen molar-refractivity contribution in [3.63, 3.8) is 0 Å². The molecular formula is C13H20N2O2S. The molecule has 1 aliphatic rings. The molecule has 0 radical (unpaired) electrons. The minimum atomic E-state index is -3.39. The molecule has 2 rings (SSSR count). The fraction of sp³-hybridized carbons (Fsp3) is 0.538. The Morgan fingerprint density at radius 2 is 2.11 bits per heavy atom. The fourth-order valence-electron chi connectivity index (χ4n) is 2.21. The summed E-state index contributed by atoms with van der Waals surface area (Å²) >= 11 is 0. The number of hydrogen-bond donors (Lipinski definition) is 1. The van der Waals surface area contributed by atoms with Crippen LogP contribution in [0.3, 0.4) is 0 Å². The van der Waals surface area contributed by atoms with Gasteiger partial charge < -0.3 is 5.73 Å². The number of nitrogens with two attached hydrogens (primary N) is 1. The molecule has 0 heterocycles. The van der Waals surface area contributed by atoms with E-state index in [0.29, 0.717) is 18.0 Å². The average molecular weight is 268 g/mol. The number of nitrogens with zero attached hydrogens (tertiary/aromatic N) is 1. The summed E-state index contributed by atoms with van der Waals surface area (Å²) in [7, 11) is -3.39. The number of rotatable bonds is 5. The molecule has 1 aromatic carbocycles. The van der Waals surface area contributed by atoms with Crippen molar-refractivity contribution in [1.82, 2.24) is 4.31 Å². The van der Waals surface area contributed by atoms with Crippen LogP contribution >= 0.6 is 0 Å². The van der Waals surface area contributed by atoms with Crippen LogP contribution in [0, 0.1) is 6.92 Å². The molecule has 100 valence electrons. The van der Waals surface area contributed by atoms with Crippen molar-refractivity contribution in [3.8, 4) is 0 Å². The van der Waals surface area contributed by atoms with Gasteiger partial charge in [0.1, 0.15) is 0 Å². The van der Waals surface area contributed by atoms with Crippen LogP contribution in [0.2, 0.25) is 0 Å². The lowest BCUT2D eigenvalue weighted by molar-refractivity contribution is 0.223. The average Bonchev–Trinajstić information content (AvgIpc) is 2.26. The third kappa shape index (κ3) is 2.58. The standard InChI is InChI=1S/C13H20N2O2S/c1-11-4-2-7-13(10-11)18(16,17)15(9-8-14)12-5-3-6-12/h2,4,7,10,12H,3,5-6,8-9,14H2,1H3. The normalized spacial score (nSPS) is 16.8. The topological polar surface area (TPSA) is 63.4 Å². The van der Waals surface area contributed by atoms with Gasteiger partial charge in [0.25, 0.3) is 0 Å². The largest absolute Gasteiger partial charge is 0.329 e. The Kier molecular flexibility index (Phi) is 4.04. The molecule has 0 bridgehead atoms. The van der Waals surface area contributed by atoms with Crippen molar-refractivity contribution in [2.45, 2.75) is 37.1 Å². The SMILES string of the molecule is Cc1cccc(S(=O)(=O)N(CCN)C2CCC2)c1. The third-order valence-electron chi connectivity index (χ3n) is 3.43. The molecule has 0 aliphatic heterocycles. The molecule has 0 aromatic heterocycles. The van der Waals surface area contributed by atoms with Gasteiger partial charge in [-0.3, -0.25) is 0 Å². The van der Waals surface area contributed by atoms with Crippen molar-refractivity contribution in [1.29, 1.82) is 0 Å². The van der Waals surface area contributed by atoms with Crippen LogP contribution < -0.4 is 5.73 Å². The van der Waals surface area contributed by atoms with Crippen molar-refractivity contribution in [2.75, 3.05) is 13.1 Å². The highest BCUT2D eigenvalue weighted by atomic mass is 32.2. The Balaban J connectivity index is 2.32. The lowest BCUT2D eigenvalue weighted by atomic mass is 9.93. The maximum Gasteiger partial charge on any atom is 0.243 e. The first-order chi connectivity index (χ1) is 8.55. The fourth-order valence-corrected chi connectivity index (χ4v) is 4.02. The van der Waals surface area contributed by atoms with Gasteiger partial charge in [-0.2, -0.15) is 4.31 Å². The molecule has 0 amide bonds. The zero-order valence-corrected chi connectivity index (χ0v) is 11.5. The van der Waals surface area contributed by atoms with Gasteiger partial charge in [-0.25, -0.2) is 8.42 Å². The molecule has 1 saturated carbocycles. The van der Waals surface area contributed by atoms with E-state index in [2.05, 4.69) is 0 Å². The molecule has 0 atom stereocenters. The smallest absolute Gasteiger partial charge is 0.243 e. The van der Waals surface area contributed by atoms with Crippen LogP contribution in [0.25, 0.3) is 0 Å². The van der Waals surface area contributed by atoms with Gasteiger partial charge in [0.15, 0.2) is 0 Å². The minimum absolute atomic E-state index is 0.138. The van der Waals surface area contributed by atoms with Crippen LogP contribution in [0.4, 0.5) is 0 Å². The van der Waals surface area contributed by atoms with E-state index >= 15 is 0 Å². The first kappa shape index (κ1) is 13.5. The van der Waals surface area contributed by atoms with Crippen LogP contribution in [0.15, 0.2) is 29.2 Å². The molecule has 18 heavy (non-hydrogen) atoms. The lowest BCUT2D eigenvalue weighted by Gasteiger charge is -2.36. The summed E-state index contributed by atoms with van der Waals surface area (Å²) in [5.74, 6) is 0. The maximum absolute atomic E-state index is 12.6. The molecule has 5 heteroatoms. The number of hydrogen-bond acceptors (Lipinski definition) is 3. The van der Waals surface area contributed by atoms with Crippen molar-refractivity contribution in [3.05, 3.63) is 29.8 Å². The van der Waals surface area contributed by atoms with Crippen molar-refractivity contribution < 1.29 is 8.42 Å². The maximum atomic E-state index is 12.6. The predicted octanol–water partition coefficient (Wildman–Crippen LogP) is 1.50. The van der Waals surface area contributed by atoms with Gasteiger partial charge in [-0.1, -0.05) is 18.6 Å². The van der Waals surface area contributed by atoms with Crippen LogP contribution in [-0.2, 0) is 10.0 Å². The first-order valence-electron chi connectivity index (χ1n) is 6.34. The Morgan fingerprint density at radius 3 is 2.61 bits per heavy atom. The Bertz CT molecular complexity index is 509. The monoisotopic (exact) mass is 268 g/mol. The van der Waals surface area contributed by atoms with E-state index in [0.717, 1.165) is 24.8 Å². The third-order valence-corrected chi connectivity index (χ3v) is 5.38. The summed E-state index contributed by atoms with van der Waals surface area (Å²) in [5, 5.41) is 0. The minimum Gasteiger partial charge on any atom is -0.329 e. The van der Waals surface area contributed by atoms with E-state index in [1.165, 1.54) is 0 Å². The van der Waals surface area contributed by atoms with E-state index in [9.17, 15) is 8.42 Å². The highest BCUT2D eigenvalue weighted by Crippen LogP contribution is 2.29. The van der Waals surface area contributed by atoms with E-state index in [4.69, 9.17) is 5.73 Å². The van der Waals surface area contributed by atoms with E-state index in [1.54, 1.807) is 22.5 Å². The summed E-state index contributed by atoms with van der Waals surface area (Å²) in [4.78, 5) is 0.378. The zero-order valence-electron chi connectivity index (χ0n) is 10.7. The summed E-state index contributed by atoms with van der Waals surface area (Å²) in [6.07, 6.45) is 3.01. The lowest BCUT2D eigenvalue weighted by Crippen LogP contribution is -2.46. The molecule has 1 fully saturated rings. The second-order valence-corrected chi connectivity index (χ2v) is 6.70. The van der Waals surface area contributed by atoms with Gasteiger partial charge in [0.05, 0.1) is 4.90 Å². The van der Waals surface area contributed by atoms with Crippen LogP contribution in [0.1, 0.15) is 24.8 Å². The zero-order chi connectivity index (χ0) is 13.2. The van der Waals surface area contributed by atoms with Gasteiger partial charge in [0, 0.05) is 19.1 Å². The summed E-state index contributed by atoms with van der Waals surface area (Å²) in [6, 6.07) is 7.19. The molecule has 0 unspecified atom stereocenters. The number of benzene rings is 1. The van der Waals surface area contributed by atoms with Gasteiger partial charge in [0.2, 0.25) is 10.0 Å². The van der Waals surface area contributed by atoms with E-state index < -0.39 is 10.0 Å². The molecule has 1 aliphatic carbocycles. The van der Waals surface area contributed by atoms with E-state index in [1.807, 2.05) is 13.0 Å². The number of aryl methyl sites for hydroxylation is 1. The Hall–Kier alpha value is -0.910. The molecule has 0 saturated heterocycles. The molecule has 2 N–H and O–H groups in total. The Labute approximate surface area is 109 Å². The van der Waals surface area contributed by atoms with Crippen LogP contribution in [-0.4, -0.2) is 31.9 Å². The molecular weight excluding hydrogens is 248 g/mol. The van der Waals surface area contributed by atoms with Gasteiger partial charge in [-0.05, 0) is 37.5 Å². The quantitative estimate of drug-likeness (QED) is 0.880. The van der Waals surface area contributed by atoms with Gasteiger partial charge >= 0.3 is 0 Å². The van der Waals surface area contributed by atoms with Gasteiger partial charge in [-0.15, -0.1) is 0 Å². The first-order valence-corrected chi connectivity index (χ1v) is 7.78.